The summed E-state index contributed by atoms with van der Waals surface area (Å²) >= 11 is 12.6. The van der Waals surface area contributed by atoms with E-state index in [1.807, 2.05) is 12.1 Å². The molecule has 6 nitrogen and oxygen atoms in total. The summed E-state index contributed by atoms with van der Waals surface area (Å²) in [4.78, 5) is 22.9. The molecule has 120 valence electrons. The first-order chi connectivity index (χ1) is 11.6. The highest BCUT2D eigenvalue weighted by Gasteiger charge is 2.16. The minimum atomic E-state index is -1.20. The first kappa shape index (κ1) is 16.2. The SMILES string of the molecule is O=C(O)c1nccnc1Nc1c(Cl)cc(-c2ccncc2)cc1Cl. The van der Waals surface area contributed by atoms with E-state index in [9.17, 15) is 4.79 Å². The van der Waals surface area contributed by atoms with Crippen LogP contribution in [0.2, 0.25) is 10.0 Å². The summed E-state index contributed by atoms with van der Waals surface area (Å²) in [5, 5.41) is 12.7. The Balaban J connectivity index is 2.00. The van der Waals surface area contributed by atoms with Crippen LogP contribution in [0.1, 0.15) is 10.5 Å². The molecule has 2 heterocycles. The summed E-state index contributed by atoms with van der Waals surface area (Å²) in [6.07, 6.45) is 6.01. The van der Waals surface area contributed by atoms with Gasteiger partial charge in [-0.25, -0.2) is 14.8 Å². The maximum Gasteiger partial charge on any atom is 0.358 e. The first-order valence-corrected chi connectivity index (χ1v) is 7.52. The first-order valence-electron chi connectivity index (χ1n) is 6.77. The van der Waals surface area contributed by atoms with Crippen molar-refractivity contribution in [3.8, 4) is 11.1 Å². The number of pyridine rings is 1. The maximum atomic E-state index is 11.2. The number of anilines is 2. The van der Waals surface area contributed by atoms with E-state index in [0.29, 0.717) is 15.7 Å². The lowest BCUT2D eigenvalue weighted by Gasteiger charge is -2.13. The zero-order valence-corrected chi connectivity index (χ0v) is 13.6. The standard InChI is InChI=1S/C16H10Cl2N4O2/c17-11-7-10(9-1-3-19-4-2-9)8-12(18)13(11)22-15-14(16(23)24)20-5-6-21-15/h1-8H,(H,21,22)(H,23,24). The van der Waals surface area contributed by atoms with Crippen LogP contribution in [-0.4, -0.2) is 26.0 Å². The van der Waals surface area contributed by atoms with Gasteiger partial charge in [-0.3, -0.25) is 4.98 Å². The molecule has 0 fully saturated rings. The molecule has 0 aliphatic rings. The molecule has 8 heteroatoms. The van der Waals surface area contributed by atoms with Gasteiger partial charge in [-0.2, -0.15) is 0 Å². The van der Waals surface area contributed by atoms with E-state index in [0.717, 1.165) is 11.1 Å². The van der Waals surface area contributed by atoms with Crippen LogP contribution in [-0.2, 0) is 0 Å². The van der Waals surface area contributed by atoms with E-state index >= 15 is 0 Å². The van der Waals surface area contributed by atoms with Crippen LogP contribution in [0.4, 0.5) is 11.5 Å². The number of nitrogens with zero attached hydrogens (tertiary/aromatic N) is 3. The maximum absolute atomic E-state index is 11.2. The van der Waals surface area contributed by atoms with Crippen LogP contribution < -0.4 is 5.32 Å². The number of hydrogen-bond donors (Lipinski definition) is 2. The fraction of sp³-hybridized carbons (Fsp3) is 0. The third kappa shape index (κ3) is 3.29. The normalized spacial score (nSPS) is 10.4. The van der Waals surface area contributed by atoms with Crippen LogP contribution in [0.25, 0.3) is 11.1 Å². The van der Waals surface area contributed by atoms with E-state index in [-0.39, 0.29) is 11.5 Å². The quantitative estimate of drug-likeness (QED) is 0.721. The number of benzene rings is 1. The van der Waals surface area contributed by atoms with Crippen LogP contribution in [0.15, 0.2) is 49.1 Å². The summed E-state index contributed by atoms with van der Waals surface area (Å²) in [5.41, 5.74) is 1.86. The number of aromatic nitrogens is 3. The fourth-order valence-electron chi connectivity index (χ4n) is 2.11. The molecule has 0 saturated heterocycles. The van der Waals surface area contributed by atoms with E-state index in [1.165, 1.54) is 12.4 Å². The van der Waals surface area contributed by atoms with Crippen molar-refractivity contribution in [2.45, 2.75) is 0 Å². The van der Waals surface area contributed by atoms with E-state index < -0.39 is 5.97 Å². The molecular weight excluding hydrogens is 351 g/mol. The molecule has 0 spiro atoms. The van der Waals surface area contributed by atoms with Gasteiger partial charge < -0.3 is 10.4 Å². The number of aromatic carboxylic acids is 1. The van der Waals surface area contributed by atoms with Crippen molar-refractivity contribution in [3.63, 3.8) is 0 Å². The number of carbonyl (C=O) groups is 1. The third-order valence-corrected chi connectivity index (χ3v) is 3.80. The van der Waals surface area contributed by atoms with Gasteiger partial charge in [-0.1, -0.05) is 23.2 Å². The highest BCUT2D eigenvalue weighted by Crippen LogP contribution is 2.37. The average Bonchev–Trinajstić information content (AvgIpc) is 2.59. The lowest BCUT2D eigenvalue weighted by Crippen LogP contribution is -2.07. The summed E-state index contributed by atoms with van der Waals surface area (Å²) < 4.78 is 0. The number of halogens is 2. The van der Waals surface area contributed by atoms with Gasteiger partial charge in [0, 0.05) is 24.8 Å². The van der Waals surface area contributed by atoms with Gasteiger partial charge in [0.2, 0.25) is 0 Å². The number of carboxylic acid groups (broad SMARTS) is 1. The number of carboxylic acids is 1. The van der Waals surface area contributed by atoms with Gasteiger partial charge in [-0.05, 0) is 35.4 Å². The Kier molecular flexibility index (Phi) is 4.59. The van der Waals surface area contributed by atoms with Crippen molar-refractivity contribution in [1.82, 2.24) is 15.0 Å². The van der Waals surface area contributed by atoms with Crippen molar-refractivity contribution in [1.29, 1.82) is 0 Å². The highest BCUT2D eigenvalue weighted by molar-refractivity contribution is 6.39. The van der Waals surface area contributed by atoms with E-state index in [4.69, 9.17) is 28.3 Å². The number of hydrogen-bond acceptors (Lipinski definition) is 5. The molecular formula is C16H10Cl2N4O2. The molecule has 0 aliphatic carbocycles. The molecule has 0 amide bonds. The Bertz CT molecular complexity index is 881. The number of rotatable bonds is 4. The summed E-state index contributed by atoms with van der Waals surface area (Å²) in [6, 6.07) is 7.12. The monoisotopic (exact) mass is 360 g/mol. The molecule has 0 aliphatic heterocycles. The Labute approximate surface area is 147 Å². The molecule has 3 aromatic rings. The van der Waals surface area contributed by atoms with E-state index in [1.54, 1.807) is 24.5 Å². The Morgan fingerprint density at radius 2 is 1.58 bits per heavy atom. The summed E-state index contributed by atoms with van der Waals surface area (Å²) in [5.74, 6) is -1.14. The van der Waals surface area contributed by atoms with Crippen LogP contribution >= 0.6 is 23.2 Å². The van der Waals surface area contributed by atoms with Gasteiger partial charge in [-0.15, -0.1) is 0 Å². The van der Waals surface area contributed by atoms with Crippen LogP contribution in [0, 0.1) is 0 Å². The molecule has 2 aromatic heterocycles. The largest absolute Gasteiger partial charge is 0.476 e. The zero-order chi connectivity index (χ0) is 17.1. The molecule has 3 rings (SSSR count). The zero-order valence-electron chi connectivity index (χ0n) is 12.1. The van der Waals surface area contributed by atoms with Crippen molar-refractivity contribution in [2.75, 3.05) is 5.32 Å². The molecule has 2 N–H and O–H groups in total. The lowest BCUT2D eigenvalue weighted by molar-refractivity contribution is 0.0691. The predicted molar refractivity (Wildman–Crippen MR) is 92.0 cm³/mol. The van der Waals surface area contributed by atoms with Crippen molar-refractivity contribution in [3.05, 3.63) is 64.8 Å². The number of nitrogens with one attached hydrogen (secondary N) is 1. The molecule has 0 saturated carbocycles. The topological polar surface area (TPSA) is 88.0 Å². The molecule has 0 radical (unpaired) electrons. The molecule has 0 bridgehead atoms. The van der Waals surface area contributed by atoms with Gasteiger partial charge in [0.15, 0.2) is 11.5 Å². The Hall–Kier alpha value is -2.70. The summed E-state index contributed by atoms with van der Waals surface area (Å²) in [6.45, 7) is 0. The summed E-state index contributed by atoms with van der Waals surface area (Å²) in [7, 11) is 0. The Morgan fingerprint density at radius 3 is 2.21 bits per heavy atom. The third-order valence-electron chi connectivity index (χ3n) is 3.20. The lowest BCUT2D eigenvalue weighted by atomic mass is 10.1. The van der Waals surface area contributed by atoms with Crippen LogP contribution in [0.5, 0.6) is 0 Å². The molecule has 0 unspecified atom stereocenters. The van der Waals surface area contributed by atoms with Gasteiger partial charge in [0.25, 0.3) is 0 Å². The minimum absolute atomic E-state index is 0.0606. The van der Waals surface area contributed by atoms with Gasteiger partial charge >= 0.3 is 5.97 Å². The second-order valence-electron chi connectivity index (χ2n) is 4.73. The predicted octanol–water partition coefficient (Wildman–Crippen LogP) is 4.29. The molecule has 0 atom stereocenters. The Morgan fingerprint density at radius 1 is 0.958 bits per heavy atom. The average molecular weight is 361 g/mol. The second kappa shape index (κ2) is 6.82. The van der Waals surface area contributed by atoms with Crippen molar-refractivity contribution < 1.29 is 9.90 Å². The van der Waals surface area contributed by atoms with Crippen molar-refractivity contribution in [2.24, 2.45) is 0 Å². The van der Waals surface area contributed by atoms with E-state index in [2.05, 4.69) is 20.3 Å². The fourth-order valence-corrected chi connectivity index (χ4v) is 2.69. The van der Waals surface area contributed by atoms with Crippen molar-refractivity contribution >= 4 is 40.7 Å². The highest BCUT2D eigenvalue weighted by atomic mass is 35.5. The van der Waals surface area contributed by atoms with Gasteiger partial charge in [0.1, 0.15) is 0 Å². The minimum Gasteiger partial charge on any atom is -0.476 e. The molecule has 24 heavy (non-hydrogen) atoms. The smallest absolute Gasteiger partial charge is 0.358 e. The van der Waals surface area contributed by atoms with Gasteiger partial charge in [0.05, 0.1) is 15.7 Å². The molecule has 1 aromatic carbocycles. The van der Waals surface area contributed by atoms with Crippen LogP contribution in [0.3, 0.4) is 0 Å². The second-order valence-corrected chi connectivity index (χ2v) is 5.55.